The third-order valence-electron chi connectivity index (χ3n) is 11.1. The number of fused-ring (bicyclic) bond motifs is 3. The van der Waals surface area contributed by atoms with Crippen molar-refractivity contribution in [2.75, 3.05) is 0 Å². The highest BCUT2D eigenvalue weighted by molar-refractivity contribution is 5.89. The zero-order valence-corrected chi connectivity index (χ0v) is 32.3. The molecule has 0 fully saturated rings. The van der Waals surface area contributed by atoms with E-state index in [2.05, 4.69) is 200 Å². The maximum Gasteiger partial charge on any atom is 0.0714 e. The molecule has 0 aliphatic heterocycles. The number of allylic oxidation sites excluding steroid dienone is 7. The number of benzene rings is 6. The molecule has 0 spiro atoms. The number of rotatable bonds is 8. The van der Waals surface area contributed by atoms with Crippen molar-refractivity contribution in [3.05, 3.63) is 262 Å². The van der Waals surface area contributed by atoms with Gasteiger partial charge in [-0.2, -0.15) is 0 Å². The summed E-state index contributed by atoms with van der Waals surface area (Å²) < 4.78 is 0. The molecule has 280 valence electrons. The lowest BCUT2D eigenvalue weighted by Gasteiger charge is -2.34. The lowest BCUT2D eigenvalue weighted by Crippen LogP contribution is -2.31. The second kappa shape index (κ2) is 17.0. The van der Waals surface area contributed by atoms with E-state index in [9.17, 15) is 0 Å². The van der Waals surface area contributed by atoms with Crippen LogP contribution in [0.5, 0.6) is 0 Å². The smallest absolute Gasteiger partial charge is 0.0714 e. The summed E-state index contributed by atoms with van der Waals surface area (Å²) in [6.45, 7) is 2.83. The Morgan fingerprint density at radius 3 is 1.75 bits per heavy atom. The van der Waals surface area contributed by atoms with E-state index in [0.717, 1.165) is 46.6 Å². The van der Waals surface area contributed by atoms with E-state index in [4.69, 9.17) is 11.6 Å². The molecule has 0 radical (unpaired) electrons. The Hall–Kier alpha value is -6.72. The molecule has 6 aromatic rings. The fourth-order valence-corrected chi connectivity index (χ4v) is 8.37. The molecule has 6 aromatic carbocycles. The molecule has 0 saturated carbocycles. The second-order valence-electron chi connectivity index (χ2n) is 14.7. The summed E-state index contributed by atoms with van der Waals surface area (Å²) in [4.78, 5) is 0. The van der Waals surface area contributed by atoms with Crippen LogP contribution in [0, 0.1) is 6.92 Å². The standard InChI is InChI=1S/C46H40N4.C7H8/c47-44(40-23-13-14-24-43(40)49-31-32-15-5-1-6-16-32)34-25-27-38-39-28-26-35(45(50-48)33-17-7-2-8-18-33)30-42(39)46(41(38)29-34,36-19-9-3-10-20-36)37-21-11-4-12-22-37;1-7-5-3-2-4-6-7/h1-17,19-30,43,49-50H,18,31,47-48H2;2-6H,1H3/b44-40-,45-33-;. The predicted molar refractivity (Wildman–Crippen MR) is 239 cm³/mol. The minimum Gasteiger partial charge on any atom is -0.398 e. The van der Waals surface area contributed by atoms with Gasteiger partial charge in [-0.1, -0.05) is 200 Å². The van der Waals surface area contributed by atoms with E-state index < -0.39 is 5.41 Å². The maximum absolute atomic E-state index is 7.17. The minimum absolute atomic E-state index is 0.0138. The van der Waals surface area contributed by atoms with Crippen LogP contribution in [-0.4, -0.2) is 6.04 Å². The Labute approximate surface area is 337 Å². The molecular weight excluding hydrogens is 693 g/mol. The van der Waals surface area contributed by atoms with Crippen LogP contribution in [0.15, 0.2) is 217 Å². The van der Waals surface area contributed by atoms with E-state index >= 15 is 0 Å². The Morgan fingerprint density at radius 2 is 1.19 bits per heavy atom. The molecule has 3 aliphatic carbocycles. The summed E-state index contributed by atoms with van der Waals surface area (Å²) in [5.74, 6) is 6.24. The van der Waals surface area contributed by atoms with Crippen molar-refractivity contribution in [3.8, 4) is 11.1 Å². The zero-order valence-electron chi connectivity index (χ0n) is 32.3. The lowest BCUT2D eigenvalue weighted by molar-refractivity contribution is 0.658. The highest BCUT2D eigenvalue weighted by atomic mass is 15.2. The molecular formula is C53H48N4. The molecule has 3 aliphatic rings. The van der Waals surface area contributed by atoms with Crippen LogP contribution < -0.4 is 22.3 Å². The quantitative estimate of drug-likeness (QED) is 0.0924. The van der Waals surface area contributed by atoms with Gasteiger partial charge in [-0.3, -0.25) is 5.84 Å². The van der Waals surface area contributed by atoms with Crippen molar-refractivity contribution in [1.29, 1.82) is 0 Å². The monoisotopic (exact) mass is 740 g/mol. The molecule has 0 heterocycles. The molecule has 6 N–H and O–H groups in total. The first-order chi connectivity index (χ1) is 28.1. The summed E-state index contributed by atoms with van der Waals surface area (Å²) in [5, 5.41) is 3.72. The van der Waals surface area contributed by atoms with Gasteiger partial charge >= 0.3 is 0 Å². The van der Waals surface area contributed by atoms with Crippen LogP contribution in [0.1, 0.15) is 50.9 Å². The molecule has 4 heteroatoms. The molecule has 9 rings (SSSR count). The Kier molecular flexibility index (Phi) is 11.1. The van der Waals surface area contributed by atoms with Crippen LogP contribution in [-0.2, 0) is 12.0 Å². The van der Waals surface area contributed by atoms with Gasteiger partial charge in [0, 0.05) is 12.2 Å². The number of hydrogen-bond acceptors (Lipinski definition) is 4. The molecule has 0 amide bonds. The average molecular weight is 741 g/mol. The van der Waals surface area contributed by atoms with Gasteiger partial charge in [-0.15, -0.1) is 0 Å². The van der Waals surface area contributed by atoms with Crippen molar-refractivity contribution in [2.45, 2.75) is 31.3 Å². The van der Waals surface area contributed by atoms with Gasteiger partial charge in [0.15, 0.2) is 0 Å². The van der Waals surface area contributed by atoms with Crippen molar-refractivity contribution in [3.63, 3.8) is 0 Å². The summed E-state index contributed by atoms with van der Waals surface area (Å²) in [6.07, 6.45) is 17.7. The molecule has 4 nitrogen and oxygen atoms in total. The van der Waals surface area contributed by atoms with Gasteiger partial charge in [0.05, 0.1) is 17.2 Å². The van der Waals surface area contributed by atoms with Crippen LogP contribution in [0.4, 0.5) is 0 Å². The van der Waals surface area contributed by atoms with Gasteiger partial charge in [0.1, 0.15) is 0 Å². The molecule has 0 bridgehead atoms. The van der Waals surface area contributed by atoms with Gasteiger partial charge in [-0.25, -0.2) is 0 Å². The number of hydrazine groups is 1. The highest BCUT2D eigenvalue weighted by Gasteiger charge is 2.46. The summed E-state index contributed by atoms with van der Waals surface area (Å²) in [5.41, 5.74) is 25.4. The van der Waals surface area contributed by atoms with E-state index in [-0.39, 0.29) is 6.04 Å². The van der Waals surface area contributed by atoms with E-state index in [1.54, 1.807) is 0 Å². The normalized spacial score (nSPS) is 17.5. The van der Waals surface area contributed by atoms with Crippen LogP contribution in [0.25, 0.3) is 22.5 Å². The summed E-state index contributed by atoms with van der Waals surface area (Å²) in [7, 11) is 0. The van der Waals surface area contributed by atoms with Crippen molar-refractivity contribution in [2.24, 2.45) is 11.6 Å². The molecule has 1 atom stereocenters. The van der Waals surface area contributed by atoms with Gasteiger partial charge in [0.2, 0.25) is 0 Å². The lowest BCUT2D eigenvalue weighted by atomic mass is 9.67. The third-order valence-corrected chi connectivity index (χ3v) is 11.1. The minimum atomic E-state index is -0.593. The molecule has 57 heavy (non-hydrogen) atoms. The molecule has 0 saturated heterocycles. The van der Waals surface area contributed by atoms with E-state index in [1.807, 2.05) is 24.3 Å². The average Bonchev–Trinajstić information content (AvgIpc) is 3.57. The van der Waals surface area contributed by atoms with Gasteiger partial charge in [0.25, 0.3) is 0 Å². The van der Waals surface area contributed by atoms with Crippen LogP contribution in [0.2, 0.25) is 0 Å². The summed E-state index contributed by atoms with van der Waals surface area (Å²) in [6, 6.07) is 56.0. The first kappa shape index (κ1) is 37.2. The number of aryl methyl sites for hydroxylation is 1. The van der Waals surface area contributed by atoms with E-state index in [1.165, 1.54) is 44.5 Å². The largest absolute Gasteiger partial charge is 0.398 e. The topological polar surface area (TPSA) is 76.1 Å². The number of nitrogens with one attached hydrogen (secondary N) is 2. The van der Waals surface area contributed by atoms with Crippen molar-refractivity contribution < 1.29 is 0 Å². The summed E-state index contributed by atoms with van der Waals surface area (Å²) >= 11 is 0. The Bertz CT molecular complexity index is 2490. The first-order valence-corrected chi connectivity index (χ1v) is 19.7. The van der Waals surface area contributed by atoms with E-state index in [0.29, 0.717) is 0 Å². The third kappa shape index (κ3) is 7.49. The first-order valence-electron chi connectivity index (χ1n) is 19.7. The Balaban J connectivity index is 0.000000589. The zero-order chi connectivity index (χ0) is 39.0. The number of nitrogens with two attached hydrogens (primary N) is 2. The Morgan fingerprint density at radius 1 is 0.632 bits per heavy atom. The van der Waals surface area contributed by atoms with Crippen molar-refractivity contribution >= 4 is 11.4 Å². The maximum atomic E-state index is 7.17. The van der Waals surface area contributed by atoms with Crippen LogP contribution in [0.3, 0.4) is 0 Å². The second-order valence-corrected chi connectivity index (χ2v) is 14.7. The number of hydrogen-bond donors (Lipinski definition) is 4. The SMILES string of the molecule is Cc1ccccc1.NN/C(=C1/C=CC=CC1)c1ccc2c(c1)C(c1ccccc1)(c1ccccc1)c1cc(/C(N)=C3\C=CC=CC3NCc3ccccc3)ccc1-2. The molecule has 1 unspecified atom stereocenters. The van der Waals surface area contributed by atoms with Crippen molar-refractivity contribution in [1.82, 2.24) is 10.7 Å². The predicted octanol–water partition coefficient (Wildman–Crippen LogP) is 10.7. The highest BCUT2D eigenvalue weighted by Crippen LogP contribution is 2.57. The fraction of sp³-hybridized carbons (Fsp3) is 0.0943. The van der Waals surface area contributed by atoms with Crippen LogP contribution >= 0.6 is 0 Å². The van der Waals surface area contributed by atoms with Gasteiger partial charge < -0.3 is 16.5 Å². The molecule has 0 aromatic heterocycles. The van der Waals surface area contributed by atoms with Gasteiger partial charge in [-0.05, 0) is 86.7 Å². The fourth-order valence-electron chi connectivity index (χ4n) is 8.37.